The van der Waals surface area contributed by atoms with Crippen molar-refractivity contribution in [2.45, 2.75) is 0 Å². The molecular formula is C57H35N5S. The maximum atomic E-state index is 5.44. The fraction of sp³-hybridized carbons (Fsp3) is 0. The Labute approximate surface area is 366 Å². The lowest BCUT2D eigenvalue weighted by Crippen LogP contribution is -2.07. The van der Waals surface area contributed by atoms with Gasteiger partial charge in [0.15, 0.2) is 11.6 Å². The van der Waals surface area contributed by atoms with Crippen molar-refractivity contribution in [1.82, 2.24) is 24.1 Å². The first-order valence-electron chi connectivity index (χ1n) is 21.2. The molecule has 0 radical (unpaired) electrons. The van der Waals surface area contributed by atoms with Crippen LogP contribution in [0.25, 0.3) is 120 Å². The zero-order valence-electron chi connectivity index (χ0n) is 33.9. The highest BCUT2D eigenvalue weighted by atomic mass is 32.1. The summed E-state index contributed by atoms with van der Waals surface area (Å²) in [7, 11) is 0. The summed E-state index contributed by atoms with van der Waals surface area (Å²) >= 11 is 1.81. The van der Waals surface area contributed by atoms with Gasteiger partial charge in [0.2, 0.25) is 5.95 Å². The number of thiophene rings is 1. The molecule has 4 aromatic heterocycles. The Morgan fingerprint density at radius 2 is 0.873 bits per heavy atom. The molecule has 0 unspecified atom stereocenters. The Hall–Kier alpha value is -8.19. The average Bonchev–Trinajstić information content (AvgIpc) is 4.02. The topological polar surface area (TPSA) is 48.5 Å². The van der Waals surface area contributed by atoms with Gasteiger partial charge in [-0.05, 0) is 65.2 Å². The highest BCUT2D eigenvalue weighted by molar-refractivity contribution is 7.25. The number of fused-ring (bicyclic) bond motifs is 10. The summed E-state index contributed by atoms with van der Waals surface area (Å²) < 4.78 is 7.24. The van der Waals surface area contributed by atoms with Crippen molar-refractivity contribution in [3.8, 4) is 56.7 Å². The first kappa shape index (κ1) is 35.6. The van der Waals surface area contributed by atoms with Gasteiger partial charge >= 0.3 is 0 Å². The van der Waals surface area contributed by atoms with E-state index in [0.29, 0.717) is 17.6 Å². The van der Waals surface area contributed by atoms with E-state index in [1.54, 1.807) is 0 Å². The highest BCUT2D eigenvalue weighted by Crippen LogP contribution is 2.44. The Kier molecular flexibility index (Phi) is 8.01. The molecule has 0 amide bonds. The van der Waals surface area contributed by atoms with E-state index in [9.17, 15) is 0 Å². The maximum absolute atomic E-state index is 5.44. The van der Waals surface area contributed by atoms with E-state index in [1.807, 2.05) is 29.5 Å². The summed E-state index contributed by atoms with van der Waals surface area (Å²) in [6.07, 6.45) is 0. The van der Waals surface area contributed by atoms with Gasteiger partial charge in [-0.15, -0.1) is 11.3 Å². The van der Waals surface area contributed by atoms with Gasteiger partial charge in [-0.1, -0.05) is 164 Å². The van der Waals surface area contributed by atoms with Gasteiger partial charge in [0.25, 0.3) is 0 Å². The minimum absolute atomic E-state index is 0.563. The lowest BCUT2D eigenvalue weighted by molar-refractivity contribution is 0.953. The first-order valence-corrected chi connectivity index (χ1v) is 22.0. The Morgan fingerprint density at radius 1 is 0.317 bits per heavy atom. The monoisotopic (exact) mass is 821 g/mol. The zero-order valence-corrected chi connectivity index (χ0v) is 34.7. The van der Waals surface area contributed by atoms with Gasteiger partial charge < -0.3 is 4.57 Å². The van der Waals surface area contributed by atoms with Gasteiger partial charge in [0.1, 0.15) is 0 Å². The summed E-state index contributed by atoms with van der Waals surface area (Å²) in [6.45, 7) is 0. The van der Waals surface area contributed by atoms with Crippen molar-refractivity contribution in [2.24, 2.45) is 0 Å². The average molecular weight is 822 g/mol. The molecule has 13 aromatic rings. The fourth-order valence-electron chi connectivity index (χ4n) is 9.54. The number of hydrogen-bond donors (Lipinski definition) is 0. The summed E-state index contributed by atoms with van der Waals surface area (Å²) in [6, 6.07) is 75.7. The van der Waals surface area contributed by atoms with Crippen LogP contribution in [0.2, 0.25) is 0 Å². The number of rotatable bonds is 6. The molecule has 9 aromatic carbocycles. The molecule has 0 atom stereocenters. The standard InChI is InChI=1S/C57H35N5S/c1-3-16-36(17-4-1)38-20-15-21-39(34-38)41-22-7-11-26-48(41)61-49-27-12-8-23-42(49)45-31-32-46-43-24-9-13-28-50(43)62(54(46)53(45)61)57-59-55(37-18-5-2-6-19-37)58-56(60-57)40-30-33-52-47(35-40)44-25-10-14-29-51(44)63-52/h1-35H. The summed E-state index contributed by atoms with van der Waals surface area (Å²) in [5.74, 6) is 1.81. The van der Waals surface area contributed by atoms with Crippen LogP contribution in [0.3, 0.4) is 0 Å². The molecule has 0 spiro atoms. The molecule has 0 aliphatic heterocycles. The van der Waals surface area contributed by atoms with Crippen molar-refractivity contribution >= 4 is 75.1 Å². The van der Waals surface area contributed by atoms with E-state index in [0.717, 1.165) is 66.2 Å². The number of para-hydroxylation sites is 3. The molecule has 294 valence electrons. The third kappa shape index (κ3) is 5.66. The van der Waals surface area contributed by atoms with E-state index in [-0.39, 0.29) is 0 Å². The van der Waals surface area contributed by atoms with Gasteiger partial charge in [0.05, 0.1) is 27.8 Å². The summed E-state index contributed by atoms with van der Waals surface area (Å²) in [5, 5.41) is 7.03. The molecule has 0 aliphatic carbocycles. The van der Waals surface area contributed by atoms with Crippen LogP contribution < -0.4 is 0 Å². The van der Waals surface area contributed by atoms with E-state index in [4.69, 9.17) is 15.0 Å². The van der Waals surface area contributed by atoms with Crippen LogP contribution in [-0.4, -0.2) is 24.1 Å². The van der Waals surface area contributed by atoms with Crippen LogP contribution >= 0.6 is 11.3 Å². The maximum Gasteiger partial charge on any atom is 0.238 e. The van der Waals surface area contributed by atoms with Crippen molar-refractivity contribution in [2.75, 3.05) is 0 Å². The van der Waals surface area contributed by atoms with Crippen LogP contribution in [0.1, 0.15) is 0 Å². The lowest BCUT2D eigenvalue weighted by Gasteiger charge is -2.16. The molecular weight excluding hydrogens is 787 g/mol. The second-order valence-corrected chi connectivity index (χ2v) is 17.1. The Morgan fingerprint density at radius 3 is 1.63 bits per heavy atom. The van der Waals surface area contributed by atoms with Crippen LogP contribution in [0.5, 0.6) is 0 Å². The molecule has 0 bridgehead atoms. The van der Waals surface area contributed by atoms with E-state index < -0.39 is 0 Å². The number of benzene rings is 9. The highest BCUT2D eigenvalue weighted by Gasteiger charge is 2.24. The molecule has 0 saturated heterocycles. The Bertz CT molecular complexity index is 3920. The third-order valence-electron chi connectivity index (χ3n) is 12.4. The van der Waals surface area contributed by atoms with Crippen LogP contribution in [-0.2, 0) is 0 Å². The SMILES string of the molecule is c1ccc(-c2cccc(-c3ccccc3-n3c4ccccc4c4ccc5c6ccccc6n(-c6nc(-c7ccccc7)nc(-c7ccc8sc9ccccc9c8c7)n6)c5c43)c2)cc1. The molecule has 0 fully saturated rings. The van der Waals surface area contributed by atoms with Crippen LogP contribution in [0.15, 0.2) is 212 Å². The summed E-state index contributed by atoms with van der Waals surface area (Å²) in [5.41, 5.74) is 11.9. The third-order valence-corrected chi connectivity index (χ3v) is 13.5. The minimum atomic E-state index is 0.563. The van der Waals surface area contributed by atoms with Gasteiger partial charge in [-0.2, -0.15) is 9.97 Å². The van der Waals surface area contributed by atoms with Crippen LogP contribution in [0, 0.1) is 0 Å². The minimum Gasteiger partial charge on any atom is -0.307 e. The summed E-state index contributed by atoms with van der Waals surface area (Å²) in [4.78, 5) is 16.0. The van der Waals surface area contributed by atoms with Crippen molar-refractivity contribution in [1.29, 1.82) is 0 Å². The molecule has 63 heavy (non-hydrogen) atoms. The second kappa shape index (κ2) is 14.2. The van der Waals surface area contributed by atoms with E-state index in [2.05, 4.69) is 203 Å². The van der Waals surface area contributed by atoms with Crippen LogP contribution in [0.4, 0.5) is 0 Å². The second-order valence-electron chi connectivity index (χ2n) is 16.0. The molecule has 0 aliphatic rings. The fourth-order valence-corrected chi connectivity index (χ4v) is 10.6. The largest absolute Gasteiger partial charge is 0.307 e. The molecule has 0 saturated carbocycles. The number of aromatic nitrogens is 5. The van der Waals surface area contributed by atoms with Crippen molar-refractivity contribution in [3.63, 3.8) is 0 Å². The molecule has 13 rings (SSSR count). The molecule has 6 heteroatoms. The smallest absolute Gasteiger partial charge is 0.238 e. The number of hydrogen-bond acceptors (Lipinski definition) is 4. The van der Waals surface area contributed by atoms with Gasteiger partial charge in [-0.25, -0.2) is 4.98 Å². The zero-order chi connectivity index (χ0) is 41.4. The molecule has 5 nitrogen and oxygen atoms in total. The quantitative estimate of drug-likeness (QED) is 0.168. The predicted octanol–water partition coefficient (Wildman–Crippen LogP) is 15.1. The molecule has 0 N–H and O–H groups in total. The number of nitrogens with zero attached hydrogens (tertiary/aromatic N) is 5. The first-order chi connectivity index (χ1) is 31.2. The van der Waals surface area contributed by atoms with Crippen molar-refractivity contribution in [3.05, 3.63) is 212 Å². The van der Waals surface area contributed by atoms with Crippen molar-refractivity contribution < 1.29 is 0 Å². The lowest BCUT2D eigenvalue weighted by atomic mass is 9.98. The predicted molar refractivity (Wildman–Crippen MR) is 263 cm³/mol. The normalized spacial score (nSPS) is 11.8. The van der Waals surface area contributed by atoms with E-state index in [1.165, 1.54) is 36.7 Å². The van der Waals surface area contributed by atoms with Gasteiger partial charge in [-0.3, -0.25) is 4.57 Å². The molecule has 4 heterocycles. The van der Waals surface area contributed by atoms with E-state index >= 15 is 0 Å². The Balaban J connectivity index is 1.12. The van der Waals surface area contributed by atoms with Gasteiger partial charge in [0, 0.05) is 58.4 Å².